The number of hydrogen-bond donors (Lipinski definition) is 0. The number of rotatable bonds is 10. The van der Waals surface area contributed by atoms with E-state index in [1.54, 1.807) is 6.08 Å². The Morgan fingerprint density at radius 3 is 2.56 bits per heavy atom. The summed E-state index contributed by atoms with van der Waals surface area (Å²) in [6, 6.07) is 16.4. The molecule has 1 aliphatic rings. The van der Waals surface area contributed by atoms with Crippen LogP contribution in [0, 0.1) is 18.3 Å². The van der Waals surface area contributed by atoms with Crippen molar-refractivity contribution < 1.29 is 0 Å². The first-order valence-corrected chi connectivity index (χ1v) is 14.1. The SMILES string of the molecule is C=C/C=C\c1ccc(N(/C(C)=C/C/C=C(\C=C)N(C)c2cccc(C#N)c2)C2=C/C/C=C\C=C/CC/C=C\2)cc1C. The number of likely N-dealkylation sites (N-methyl/N-ethyl adjacent to an activating group) is 1. The van der Waals surface area contributed by atoms with Gasteiger partial charge in [0.1, 0.15) is 0 Å². The molecule has 3 nitrogen and oxygen atoms in total. The van der Waals surface area contributed by atoms with Gasteiger partial charge >= 0.3 is 0 Å². The molecule has 0 atom stereocenters. The lowest BCUT2D eigenvalue weighted by molar-refractivity contribution is 1.03. The number of nitriles is 1. The Bertz CT molecular complexity index is 1470. The second-order valence-corrected chi connectivity index (χ2v) is 9.81. The molecular formula is C38H41N3. The fourth-order valence-corrected chi connectivity index (χ4v) is 4.60. The van der Waals surface area contributed by atoms with Gasteiger partial charge in [-0.2, -0.15) is 5.26 Å². The summed E-state index contributed by atoms with van der Waals surface area (Å²) in [5, 5.41) is 9.30. The lowest BCUT2D eigenvalue weighted by atomic mass is 10.1. The Morgan fingerprint density at radius 1 is 1.00 bits per heavy atom. The summed E-state index contributed by atoms with van der Waals surface area (Å²) >= 11 is 0. The minimum atomic E-state index is 0.638. The molecular weight excluding hydrogens is 498 g/mol. The molecule has 0 aliphatic heterocycles. The predicted molar refractivity (Wildman–Crippen MR) is 178 cm³/mol. The summed E-state index contributed by atoms with van der Waals surface area (Å²) in [4.78, 5) is 4.40. The van der Waals surface area contributed by atoms with Gasteiger partial charge in [0.2, 0.25) is 0 Å². The zero-order valence-corrected chi connectivity index (χ0v) is 24.6. The smallest absolute Gasteiger partial charge is 0.0992 e. The van der Waals surface area contributed by atoms with Gasteiger partial charge in [-0.3, -0.25) is 0 Å². The Balaban J connectivity index is 1.98. The lowest BCUT2D eigenvalue weighted by Gasteiger charge is -2.28. The van der Waals surface area contributed by atoms with Crippen molar-refractivity contribution in [2.45, 2.75) is 39.5 Å². The van der Waals surface area contributed by atoms with E-state index in [0.29, 0.717) is 5.56 Å². The highest BCUT2D eigenvalue weighted by atomic mass is 15.1. The van der Waals surface area contributed by atoms with Crippen LogP contribution in [0.2, 0.25) is 0 Å². The van der Waals surface area contributed by atoms with Crippen LogP contribution in [-0.2, 0) is 0 Å². The molecule has 208 valence electrons. The number of benzene rings is 2. The number of anilines is 2. The second-order valence-electron chi connectivity index (χ2n) is 9.81. The van der Waals surface area contributed by atoms with Crippen LogP contribution in [0.5, 0.6) is 0 Å². The highest BCUT2D eigenvalue weighted by Gasteiger charge is 2.14. The summed E-state index contributed by atoms with van der Waals surface area (Å²) in [7, 11) is 2.00. The average molecular weight is 540 g/mol. The number of hydrogen-bond acceptors (Lipinski definition) is 3. The Labute approximate surface area is 247 Å². The average Bonchev–Trinajstić information content (AvgIpc) is 3.05. The van der Waals surface area contributed by atoms with Crippen molar-refractivity contribution in [3.05, 3.63) is 162 Å². The first kappa shape index (κ1) is 30.7. The van der Waals surface area contributed by atoms with Crippen LogP contribution in [0.25, 0.3) is 6.08 Å². The molecule has 0 bridgehead atoms. The van der Waals surface area contributed by atoms with Crippen molar-refractivity contribution in [3.8, 4) is 6.07 Å². The van der Waals surface area contributed by atoms with Crippen molar-refractivity contribution in [2.24, 2.45) is 0 Å². The number of allylic oxidation sites excluding steroid dienone is 13. The minimum Gasteiger partial charge on any atom is -0.345 e. The van der Waals surface area contributed by atoms with Crippen LogP contribution < -0.4 is 9.80 Å². The molecule has 0 heterocycles. The van der Waals surface area contributed by atoms with Gasteiger partial charge in [0.15, 0.2) is 0 Å². The van der Waals surface area contributed by atoms with E-state index < -0.39 is 0 Å². The summed E-state index contributed by atoms with van der Waals surface area (Å²) in [6.45, 7) is 12.2. The molecule has 0 spiro atoms. The maximum atomic E-state index is 9.30. The zero-order chi connectivity index (χ0) is 29.5. The molecule has 0 radical (unpaired) electrons. The van der Waals surface area contributed by atoms with Crippen LogP contribution in [0.15, 0.2) is 146 Å². The lowest BCUT2D eigenvalue weighted by Crippen LogP contribution is -2.20. The highest BCUT2D eigenvalue weighted by Crippen LogP contribution is 2.29. The van der Waals surface area contributed by atoms with Gasteiger partial charge in [0.05, 0.1) is 11.6 Å². The van der Waals surface area contributed by atoms with E-state index in [2.05, 4.69) is 122 Å². The molecule has 3 rings (SSSR count). The van der Waals surface area contributed by atoms with Crippen molar-refractivity contribution in [3.63, 3.8) is 0 Å². The Hall–Kier alpha value is -4.81. The van der Waals surface area contributed by atoms with E-state index in [1.165, 1.54) is 11.1 Å². The van der Waals surface area contributed by atoms with Gasteiger partial charge in [0.25, 0.3) is 0 Å². The Morgan fingerprint density at radius 2 is 1.80 bits per heavy atom. The van der Waals surface area contributed by atoms with E-state index >= 15 is 0 Å². The molecule has 0 unspecified atom stereocenters. The van der Waals surface area contributed by atoms with Crippen LogP contribution in [0.4, 0.5) is 11.4 Å². The third-order valence-electron chi connectivity index (χ3n) is 6.87. The van der Waals surface area contributed by atoms with Crippen LogP contribution in [0.1, 0.15) is 49.3 Å². The van der Waals surface area contributed by atoms with Crippen molar-refractivity contribution >= 4 is 17.5 Å². The van der Waals surface area contributed by atoms with E-state index in [-0.39, 0.29) is 0 Å². The molecule has 0 amide bonds. The first-order chi connectivity index (χ1) is 20.0. The first-order valence-electron chi connectivity index (χ1n) is 14.1. The van der Waals surface area contributed by atoms with Crippen LogP contribution in [0.3, 0.4) is 0 Å². The van der Waals surface area contributed by atoms with Crippen molar-refractivity contribution in [1.82, 2.24) is 0 Å². The molecule has 0 saturated heterocycles. The molecule has 0 fully saturated rings. The fraction of sp³-hybridized carbons (Fsp3) is 0.184. The third-order valence-corrected chi connectivity index (χ3v) is 6.87. The molecule has 0 saturated carbocycles. The van der Waals surface area contributed by atoms with Crippen molar-refractivity contribution in [2.75, 3.05) is 16.8 Å². The predicted octanol–water partition coefficient (Wildman–Crippen LogP) is 10.1. The minimum absolute atomic E-state index is 0.638. The van der Waals surface area contributed by atoms with Gasteiger partial charge in [-0.05, 0) is 93.1 Å². The standard InChI is InChI=1S/C38H41N3/c1-6-8-21-34-26-27-38(28-31(34)3)41(36-22-15-13-11-9-10-12-14-16-23-36)32(4)19-17-24-35(7-2)40(5)37-25-18-20-33(29-37)30-39/h6-11,13,16,18-29H,1-2,12,14-15,17H2,3-5H3/b10-9-,13-11-,21-8-,23-16-,32-19+,35-24+,36-22+. The van der Waals surface area contributed by atoms with Gasteiger partial charge in [-0.15, -0.1) is 0 Å². The quantitative estimate of drug-likeness (QED) is 0.281. The van der Waals surface area contributed by atoms with Gasteiger partial charge in [-0.25, -0.2) is 0 Å². The maximum absolute atomic E-state index is 9.30. The zero-order valence-electron chi connectivity index (χ0n) is 24.6. The van der Waals surface area contributed by atoms with Crippen molar-refractivity contribution in [1.29, 1.82) is 5.26 Å². The normalized spacial score (nSPS) is 17.9. The molecule has 41 heavy (non-hydrogen) atoms. The summed E-state index contributed by atoms with van der Waals surface area (Å²) < 4.78 is 0. The van der Waals surface area contributed by atoms with E-state index in [1.807, 2.05) is 43.5 Å². The summed E-state index contributed by atoms with van der Waals surface area (Å²) in [5.74, 6) is 0. The fourth-order valence-electron chi connectivity index (χ4n) is 4.60. The van der Waals surface area contributed by atoms with Gasteiger partial charge < -0.3 is 9.80 Å². The molecule has 3 heteroatoms. The van der Waals surface area contributed by atoms with Gasteiger partial charge in [0, 0.05) is 35.5 Å². The van der Waals surface area contributed by atoms with Gasteiger partial charge in [-0.1, -0.05) is 92.1 Å². The Kier molecular flexibility index (Phi) is 12.2. The maximum Gasteiger partial charge on any atom is 0.0992 e. The summed E-state index contributed by atoms with van der Waals surface area (Å²) in [6.07, 6.45) is 31.2. The van der Waals surface area contributed by atoms with E-state index in [4.69, 9.17) is 0 Å². The highest BCUT2D eigenvalue weighted by molar-refractivity contribution is 5.66. The number of nitrogens with zero attached hydrogens (tertiary/aromatic N) is 3. The number of aryl methyl sites for hydroxylation is 1. The molecule has 1 aliphatic carbocycles. The van der Waals surface area contributed by atoms with Crippen LogP contribution in [-0.4, -0.2) is 7.05 Å². The van der Waals surface area contributed by atoms with E-state index in [9.17, 15) is 5.26 Å². The second kappa shape index (κ2) is 16.3. The van der Waals surface area contributed by atoms with Crippen LogP contribution >= 0.6 is 0 Å². The molecule has 2 aromatic rings. The molecule has 0 aromatic heterocycles. The van der Waals surface area contributed by atoms with E-state index in [0.717, 1.165) is 54.1 Å². The summed E-state index contributed by atoms with van der Waals surface area (Å²) in [5.41, 5.74) is 8.37. The largest absolute Gasteiger partial charge is 0.345 e. The monoisotopic (exact) mass is 539 g/mol. The molecule has 0 N–H and O–H groups in total. The molecule has 2 aromatic carbocycles. The topological polar surface area (TPSA) is 30.3 Å². The third kappa shape index (κ3) is 9.12.